The largest absolute Gasteiger partial charge is 0.462 e. The summed E-state index contributed by atoms with van der Waals surface area (Å²) in [7, 11) is 0. The Morgan fingerprint density at radius 1 is 1.27 bits per heavy atom. The molecule has 3 nitrogen and oxygen atoms in total. The Hall–Kier alpha value is -2.77. The van der Waals surface area contributed by atoms with Gasteiger partial charge in [0.2, 0.25) is 0 Å². The number of rotatable bonds is 3. The number of esters is 1. The Balaban J connectivity index is 1.98. The molecule has 0 fully saturated rings. The summed E-state index contributed by atoms with van der Waals surface area (Å²) >= 11 is 0. The number of fused-ring (bicyclic) bond motifs is 1. The standard InChI is InChI=1S/C19H17NO2/c1-3-18-17-11-10-14(19(21)22-4-2)12-15(17)13-20(18)16-8-6-5-7-9-16/h5-12H,1,4,13H2,2H3. The molecule has 2 aromatic rings. The van der Waals surface area contributed by atoms with Crippen molar-refractivity contribution in [3.8, 4) is 0 Å². The Morgan fingerprint density at radius 2 is 2.05 bits per heavy atom. The number of hydrogen-bond donors (Lipinski definition) is 0. The molecule has 0 saturated heterocycles. The number of anilines is 1. The molecule has 1 aliphatic heterocycles. The average Bonchev–Trinajstić information content (AvgIpc) is 2.93. The molecule has 0 aromatic heterocycles. The van der Waals surface area contributed by atoms with Crippen LogP contribution in [0.15, 0.2) is 60.8 Å². The fourth-order valence-electron chi connectivity index (χ4n) is 2.71. The summed E-state index contributed by atoms with van der Waals surface area (Å²) in [5, 5.41) is 0. The molecule has 0 radical (unpaired) electrons. The van der Waals surface area contributed by atoms with E-state index in [9.17, 15) is 4.79 Å². The van der Waals surface area contributed by atoms with Crippen molar-refractivity contribution >= 4 is 17.4 Å². The molecular formula is C19H17NO2. The lowest BCUT2D eigenvalue weighted by Gasteiger charge is -2.18. The Labute approximate surface area is 130 Å². The van der Waals surface area contributed by atoms with Crippen LogP contribution in [0.25, 0.3) is 5.70 Å². The van der Waals surface area contributed by atoms with Crippen molar-refractivity contribution < 1.29 is 9.53 Å². The molecule has 0 N–H and O–H groups in total. The van der Waals surface area contributed by atoms with Gasteiger partial charge in [-0.15, -0.1) is 5.73 Å². The van der Waals surface area contributed by atoms with Gasteiger partial charge >= 0.3 is 5.97 Å². The lowest BCUT2D eigenvalue weighted by molar-refractivity contribution is 0.0526. The van der Waals surface area contributed by atoms with Gasteiger partial charge in [0.15, 0.2) is 0 Å². The predicted molar refractivity (Wildman–Crippen MR) is 87.6 cm³/mol. The average molecular weight is 291 g/mol. The van der Waals surface area contributed by atoms with Crippen LogP contribution in [0.5, 0.6) is 0 Å². The third kappa shape index (κ3) is 2.43. The summed E-state index contributed by atoms with van der Waals surface area (Å²) in [4.78, 5) is 14.0. The predicted octanol–water partition coefficient (Wildman–Crippen LogP) is 4.01. The highest BCUT2D eigenvalue weighted by atomic mass is 16.5. The lowest BCUT2D eigenvalue weighted by Crippen LogP contribution is -2.12. The molecule has 0 unspecified atom stereocenters. The molecule has 0 atom stereocenters. The molecule has 3 rings (SSSR count). The van der Waals surface area contributed by atoms with Gasteiger partial charge in [0, 0.05) is 17.8 Å². The second kappa shape index (κ2) is 5.92. The maximum absolute atomic E-state index is 11.9. The van der Waals surface area contributed by atoms with E-state index < -0.39 is 0 Å². The minimum atomic E-state index is -0.285. The van der Waals surface area contributed by atoms with E-state index in [4.69, 9.17) is 4.74 Å². The zero-order valence-corrected chi connectivity index (χ0v) is 12.5. The number of hydrogen-bond acceptors (Lipinski definition) is 3. The summed E-state index contributed by atoms with van der Waals surface area (Å²) in [5.74, 6) is -0.285. The number of carbonyl (C=O) groups is 1. The van der Waals surface area contributed by atoms with Gasteiger partial charge in [0.05, 0.1) is 17.9 Å². The topological polar surface area (TPSA) is 29.5 Å². The van der Waals surface area contributed by atoms with Crippen molar-refractivity contribution in [2.24, 2.45) is 0 Å². The minimum absolute atomic E-state index is 0.285. The van der Waals surface area contributed by atoms with E-state index in [-0.39, 0.29) is 5.97 Å². The summed E-state index contributed by atoms with van der Waals surface area (Å²) < 4.78 is 5.07. The third-order valence-electron chi connectivity index (χ3n) is 3.71. The quantitative estimate of drug-likeness (QED) is 0.632. The molecular weight excluding hydrogens is 274 g/mol. The van der Waals surface area contributed by atoms with Crippen LogP contribution in [0.2, 0.25) is 0 Å². The van der Waals surface area contributed by atoms with Gasteiger partial charge in [-0.05, 0) is 36.8 Å². The second-order valence-corrected chi connectivity index (χ2v) is 5.04. The van der Waals surface area contributed by atoms with Gasteiger partial charge in [-0.25, -0.2) is 4.79 Å². The van der Waals surface area contributed by atoms with Crippen molar-refractivity contribution in [1.82, 2.24) is 0 Å². The first-order chi connectivity index (χ1) is 10.7. The number of para-hydroxylation sites is 1. The molecule has 22 heavy (non-hydrogen) atoms. The maximum Gasteiger partial charge on any atom is 0.338 e. The molecule has 0 amide bonds. The summed E-state index contributed by atoms with van der Waals surface area (Å²) in [6.45, 7) is 6.69. The fourth-order valence-corrected chi connectivity index (χ4v) is 2.71. The van der Waals surface area contributed by atoms with Crippen LogP contribution in [0.4, 0.5) is 5.69 Å². The van der Waals surface area contributed by atoms with Crippen LogP contribution in [-0.2, 0) is 11.3 Å². The SMILES string of the molecule is C=C=C1c2ccc(C(=O)OCC)cc2CN1c1ccccc1. The van der Waals surface area contributed by atoms with Crippen molar-refractivity contribution in [3.63, 3.8) is 0 Å². The van der Waals surface area contributed by atoms with E-state index in [2.05, 4.69) is 29.3 Å². The zero-order valence-electron chi connectivity index (χ0n) is 12.5. The molecule has 110 valence electrons. The Morgan fingerprint density at radius 3 is 2.73 bits per heavy atom. The molecule has 1 heterocycles. The fraction of sp³-hybridized carbons (Fsp3) is 0.158. The van der Waals surface area contributed by atoms with Gasteiger partial charge in [0.25, 0.3) is 0 Å². The third-order valence-corrected chi connectivity index (χ3v) is 3.71. The monoisotopic (exact) mass is 291 g/mol. The maximum atomic E-state index is 11.9. The molecule has 0 saturated carbocycles. The summed E-state index contributed by atoms with van der Waals surface area (Å²) in [5.41, 5.74) is 7.77. The lowest BCUT2D eigenvalue weighted by atomic mass is 10.1. The molecule has 1 aliphatic rings. The number of ether oxygens (including phenoxy) is 1. The van der Waals surface area contributed by atoms with Gasteiger partial charge < -0.3 is 9.64 Å². The van der Waals surface area contributed by atoms with E-state index in [1.807, 2.05) is 30.3 Å². The Bertz CT molecular complexity index is 758. The highest BCUT2D eigenvalue weighted by Crippen LogP contribution is 2.36. The molecule has 0 aliphatic carbocycles. The minimum Gasteiger partial charge on any atom is -0.462 e. The van der Waals surface area contributed by atoms with Crippen LogP contribution < -0.4 is 4.90 Å². The highest BCUT2D eigenvalue weighted by molar-refractivity contribution is 5.92. The molecule has 0 spiro atoms. The zero-order chi connectivity index (χ0) is 15.5. The first-order valence-electron chi connectivity index (χ1n) is 7.27. The van der Waals surface area contributed by atoms with E-state index in [1.165, 1.54) is 0 Å². The van der Waals surface area contributed by atoms with Gasteiger partial charge in [-0.2, -0.15) is 0 Å². The van der Waals surface area contributed by atoms with Crippen LogP contribution in [-0.4, -0.2) is 12.6 Å². The van der Waals surface area contributed by atoms with Crippen molar-refractivity contribution in [2.75, 3.05) is 11.5 Å². The normalized spacial score (nSPS) is 12.8. The van der Waals surface area contributed by atoms with Gasteiger partial charge in [0.1, 0.15) is 0 Å². The van der Waals surface area contributed by atoms with Crippen LogP contribution in [0.3, 0.4) is 0 Å². The van der Waals surface area contributed by atoms with E-state index >= 15 is 0 Å². The number of carbonyl (C=O) groups excluding carboxylic acids is 1. The smallest absolute Gasteiger partial charge is 0.338 e. The van der Waals surface area contributed by atoms with Crippen LogP contribution in [0, 0.1) is 0 Å². The van der Waals surface area contributed by atoms with Crippen molar-refractivity contribution in [3.05, 3.63) is 77.5 Å². The Kier molecular flexibility index (Phi) is 3.82. The highest BCUT2D eigenvalue weighted by Gasteiger charge is 2.25. The second-order valence-electron chi connectivity index (χ2n) is 5.04. The first-order valence-corrected chi connectivity index (χ1v) is 7.27. The van der Waals surface area contributed by atoms with Gasteiger partial charge in [-0.3, -0.25) is 0 Å². The van der Waals surface area contributed by atoms with Crippen LogP contribution >= 0.6 is 0 Å². The molecule has 0 bridgehead atoms. The number of nitrogens with zero attached hydrogens (tertiary/aromatic N) is 1. The summed E-state index contributed by atoms with van der Waals surface area (Å²) in [6.07, 6.45) is 0. The molecule has 2 aromatic carbocycles. The number of benzene rings is 2. The van der Waals surface area contributed by atoms with E-state index in [0.29, 0.717) is 18.7 Å². The van der Waals surface area contributed by atoms with E-state index in [0.717, 1.165) is 22.5 Å². The van der Waals surface area contributed by atoms with E-state index in [1.54, 1.807) is 13.0 Å². The molecule has 3 heteroatoms. The van der Waals surface area contributed by atoms with Gasteiger partial charge in [-0.1, -0.05) is 30.8 Å². The first kappa shape index (κ1) is 14.2. The van der Waals surface area contributed by atoms with Crippen molar-refractivity contribution in [1.29, 1.82) is 0 Å². The van der Waals surface area contributed by atoms with Crippen LogP contribution in [0.1, 0.15) is 28.4 Å². The summed E-state index contributed by atoms with van der Waals surface area (Å²) in [6, 6.07) is 15.7. The van der Waals surface area contributed by atoms with Crippen molar-refractivity contribution in [2.45, 2.75) is 13.5 Å².